The molecule has 3 atom stereocenters. The first-order valence-corrected chi connectivity index (χ1v) is 18.0. The lowest BCUT2D eigenvalue weighted by Crippen LogP contribution is -2.52. The summed E-state index contributed by atoms with van der Waals surface area (Å²) in [6.07, 6.45) is 6.73. The van der Waals surface area contributed by atoms with E-state index < -0.39 is 0 Å². The number of aryl methyl sites for hydroxylation is 1. The Morgan fingerprint density at radius 1 is 1.20 bits per heavy atom. The minimum absolute atomic E-state index is 0.0895. The molecule has 8 nitrogen and oxygen atoms in total. The number of likely N-dealkylation sites (tertiary alicyclic amines) is 1. The number of nitrogens with two attached hydrogens (primary N) is 1. The number of aromatic nitrogens is 2. The first-order valence-electron chi connectivity index (χ1n) is 17.2. The van der Waals surface area contributed by atoms with Crippen LogP contribution in [0.5, 0.6) is 0 Å². The lowest BCUT2D eigenvalue weighted by Gasteiger charge is -2.49. The molecule has 4 heterocycles. The second-order valence-corrected chi connectivity index (χ2v) is 16.1. The van der Waals surface area contributed by atoms with Gasteiger partial charge < -0.3 is 20.4 Å². The summed E-state index contributed by atoms with van der Waals surface area (Å²) in [5.41, 5.74) is 13.0. The zero-order valence-corrected chi connectivity index (χ0v) is 30.0. The molecule has 5 rings (SSSR count). The van der Waals surface area contributed by atoms with E-state index in [1.165, 1.54) is 10.6 Å². The van der Waals surface area contributed by atoms with Crippen molar-refractivity contribution < 1.29 is 0 Å². The number of hydrogen-bond donors (Lipinski definition) is 2. The van der Waals surface area contributed by atoms with Crippen LogP contribution in [0.1, 0.15) is 119 Å². The van der Waals surface area contributed by atoms with Gasteiger partial charge in [0.25, 0.3) is 0 Å². The van der Waals surface area contributed by atoms with E-state index in [-0.39, 0.29) is 23.3 Å². The highest BCUT2D eigenvalue weighted by molar-refractivity contribution is 7.16. The van der Waals surface area contributed by atoms with Gasteiger partial charge in [0.1, 0.15) is 22.6 Å². The van der Waals surface area contributed by atoms with Crippen LogP contribution in [-0.2, 0) is 6.42 Å². The predicted molar refractivity (Wildman–Crippen MR) is 192 cm³/mol. The number of hydrogen-bond acceptors (Lipinski definition) is 9. The Morgan fingerprint density at radius 3 is 2.63 bits per heavy atom. The van der Waals surface area contributed by atoms with E-state index in [1.807, 2.05) is 0 Å². The fourth-order valence-electron chi connectivity index (χ4n) is 7.61. The number of nitrogens with zero attached hydrogens (tertiary/aromatic N) is 6. The maximum Gasteiger partial charge on any atom is 0.179 e. The molecule has 248 valence electrons. The van der Waals surface area contributed by atoms with Crippen molar-refractivity contribution in [2.75, 3.05) is 50.4 Å². The van der Waals surface area contributed by atoms with Crippen LogP contribution in [0.4, 0.5) is 10.8 Å². The number of likely N-dealkylation sites (N-methyl/N-ethyl adjacent to an activating group) is 1. The van der Waals surface area contributed by atoms with Crippen molar-refractivity contribution in [1.82, 2.24) is 19.8 Å². The van der Waals surface area contributed by atoms with Gasteiger partial charge in [-0.1, -0.05) is 46.3 Å². The van der Waals surface area contributed by atoms with E-state index in [1.54, 1.807) is 11.3 Å². The van der Waals surface area contributed by atoms with Crippen molar-refractivity contribution in [2.45, 2.75) is 104 Å². The van der Waals surface area contributed by atoms with Gasteiger partial charge in [0, 0.05) is 60.7 Å². The van der Waals surface area contributed by atoms with Crippen LogP contribution in [0.25, 0.3) is 0 Å². The molecule has 9 heteroatoms. The summed E-state index contributed by atoms with van der Waals surface area (Å²) in [7, 11) is 2.19. The number of nitriles is 1. The number of fused-ring (bicyclic) bond motifs is 1. The summed E-state index contributed by atoms with van der Waals surface area (Å²) in [6.45, 7) is 22.7. The first kappa shape index (κ1) is 34.1. The highest BCUT2D eigenvalue weighted by Crippen LogP contribution is 2.46. The second kappa shape index (κ2) is 13.9. The topological polar surface area (TPSA) is 109 Å². The number of rotatable bonds is 9. The molecule has 0 amide bonds. The molecular formula is C37H54N8S. The molecule has 0 bridgehead atoms. The first-order chi connectivity index (χ1) is 21.8. The van der Waals surface area contributed by atoms with Crippen molar-refractivity contribution in [3.63, 3.8) is 0 Å². The number of nitrogens with one attached hydrogen (secondary N) is 1. The van der Waals surface area contributed by atoms with Crippen molar-refractivity contribution >= 4 is 27.9 Å². The van der Waals surface area contributed by atoms with Gasteiger partial charge in [-0.25, -0.2) is 9.97 Å². The van der Waals surface area contributed by atoms with Gasteiger partial charge in [0.2, 0.25) is 0 Å². The summed E-state index contributed by atoms with van der Waals surface area (Å²) in [4.78, 5) is 18.8. The maximum atomic E-state index is 10.0. The maximum absolute atomic E-state index is 10.0. The summed E-state index contributed by atoms with van der Waals surface area (Å²) in [5.74, 6) is 1.80. The molecule has 0 radical (unpaired) electrons. The van der Waals surface area contributed by atoms with Crippen LogP contribution in [0.3, 0.4) is 0 Å². The van der Waals surface area contributed by atoms with Gasteiger partial charge in [-0.15, -0.1) is 11.3 Å². The molecule has 2 unspecified atom stereocenters. The molecule has 0 aromatic carbocycles. The molecule has 46 heavy (non-hydrogen) atoms. The molecule has 3 aliphatic rings. The van der Waals surface area contributed by atoms with Gasteiger partial charge in [0.15, 0.2) is 5.82 Å². The Kier molecular flexibility index (Phi) is 10.3. The summed E-state index contributed by atoms with van der Waals surface area (Å²) < 4.78 is 0. The summed E-state index contributed by atoms with van der Waals surface area (Å²) in [5, 5.41) is 20.3. The van der Waals surface area contributed by atoms with Crippen molar-refractivity contribution in [1.29, 1.82) is 10.7 Å². The number of nitrogen functional groups attached to an aromatic ring is 1. The molecular weight excluding hydrogens is 589 g/mol. The Bertz CT molecular complexity index is 1540. The van der Waals surface area contributed by atoms with Crippen LogP contribution < -0.4 is 10.6 Å². The van der Waals surface area contributed by atoms with Crippen molar-refractivity contribution in [3.8, 4) is 6.07 Å². The third-order valence-electron chi connectivity index (χ3n) is 10.2. The van der Waals surface area contributed by atoms with Crippen LogP contribution in [-0.4, -0.2) is 71.3 Å². The van der Waals surface area contributed by atoms with E-state index in [0.717, 1.165) is 106 Å². The average Bonchev–Trinajstić information content (AvgIpc) is 3.17. The third kappa shape index (κ3) is 7.03. The molecule has 2 aromatic heterocycles. The molecule has 2 aromatic rings. The van der Waals surface area contributed by atoms with Gasteiger partial charge in [-0.2, -0.15) is 5.26 Å². The Labute approximate surface area is 280 Å². The smallest absolute Gasteiger partial charge is 0.179 e. The molecule has 1 aliphatic carbocycles. The van der Waals surface area contributed by atoms with Crippen LogP contribution in [0, 0.1) is 22.2 Å². The zero-order valence-electron chi connectivity index (χ0n) is 29.2. The monoisotopic (exact) mass is 642 g/mol. The Morgan fingerprint density at radius 2 is 1.96 bits per heavy atom. The minimum Gasteiger partial charge on any atom is -0.389 e. The van der Waals surface area contributed by atoms with Gasteiger partial charge in [-0.05, 0) is 82.5 Å². The molecule has 3 N–H and O–H groups in total. The van der Waals surface area contributed by atoms with Gasteiger partial charge in [-0.3, -0.25) is 5.41 Å². The SMILES string of the molecule is C=C(CC(C)(C)C)N1CC(c2cc(N3CCCN(C)CC3)nc(C(=N)/C(CCC)=C(\C)[C@H]3CCCc4sc(N)c(C#N)c43)n2)C1C. The van der Waals surface area contributed by atoms with Gasteiger partial charge >= 0.3 is 0 Å². The molecule has 2 fully saturated rings. The van der Waals surface area contributed by atoms with E-state index in [4.69, 9.17) is 15.7 Å². The molecule has 2 saturated heterocycles. The standard InChI is InChI=1S/C37H54N8S/c1-9-12-27(24(3)26-13-10-14-31-33(26)28(21-38)35(40)46-31)34(39)36-41-30(19-32(42-36)44-16-11-15-43(8)17-18-44)29-22-45(25(29)4)23(2)20-37(5,6)7/h19,25-26,29,39H,2,9-18,20,22,40H2,1,3-8H3/b27-24+,39-34?/t25?,26-,29?/m1/s1. The van der Waals surface area contributed by atoms with Crippen LogP contribution >= 0.6 is 11.3 Å². The average molecular weight is 643 g/mol. The predicted octanol–water partition coefficient (Wildman–Crippen LogP) is 7.48. The molecule has 0 spiro atoms. The largest absolute Gasteiger partial charge is 0.389 e. The summed E-state index contributed by atoms with van der Waals surface area (Å²) in [6, 6.07) is 4.88. The van der Waals surface area contributed by atoms with E-state index in [2.05, 4.69) is 82.0 Å². The zero-order chi connectivity index (χ0) is 33.3. The lowest BCUT2D eigenvalue weighted by molar-refractivity contribution is 0.100. The summed E-state index contributed by atoms with van der Waals surface area (Å²) >= 11 is 1.57. The minimum atomic E-state index is 0.0895. The quantitative estimate of drug-likeness (QED) is 0.273. The van der Waals surface area contributed by atoms with Crippen LogP contribution in [0.15, 0.2) is 29.5 Å². The lowest BCUT2D eigenvalue weighted by atomic mass is 9.78. The van der Waals surface area contributed by atoms with Crippen molar-refractivity contribution in [2.24, 2.45) is 5.41 Å². The molecule has 2 aliphatic heterocycles. The number of allylic oxidation sites excluding steroid dienone is 3. The third-order valence-corrected chi connectivity index (χ3v) is 11.3. The normalized spacial score (nSPS) is 22.8. The Balaban J connectivity index is 1.53. The fourth-order valence-corrected chi connectivity index (χ4v) is 8.74. The highest BCUT2D eigenvalue weighted by Gasteiger charge is 2.40. The van der Waals surface area contributed by atoms with E-state index >= 15 is 0 Å². The number of thiophene rings is 1. The van der Waals surface area contributed by atoms with Gasteiger partial charge in [0.05, 0.1) is 11.3 Å². The fraction of sp³-hybridized carbons (Fsp3) is 0.622. The van der Waals surface area contributed by atoms with Crippen molar-refractivity contribution in [3.05, 3.63) is 57.0 Å². The second-order valence-electron chi connectivity index (χ2n) is 14.9. The number of anilines is 2. The molecule has 0 saturated carbocycles. The van der Waals surface area contributed by atoms with Crippen LogP contribution in [0.2, 0.25) is 0 Å². The highest BCUT2D eigenvalue weighted by atomic mass is 32.1. The Hall–Kier alpha value is -3.22. The van der Waals surface area contributed by atoms with E-state index in [9.17, 15) is 10.7 Å². The van der Waals surface area contributed by atoms with E-state index in [0.29, 0.717) is 22.1 Å².